The number of phenolic OH excluding ortho intramolecular Hbond substituents is 1. The van der Waals surface area contributed by atoms with Gasteiger partial charge >= 0.3 is 0 Å². The monoisotopic (exact) mass is 265 g/mol. The first kappa shape index (κ1) is 12.9. The summed E-state index contributed by atoms with van der Waals surface area (Å²) >= 11 is 0. The Morgan fingerprint density at radius 2 is 2.00 bits per heavy atom. The van der Waals surface area contributed by atoms with Gasteiger partial charge in [0.2, 0.25) is 0 Å². The van der Waals surface area contributed by atoms with Crippen molar-refractivity contribution < 1.29 is 5.11 Å². The molecule has 0 spiro atoms. The van der Waals surface area contributed by atoms with Gasteiger partial charge in [0.25, 0.3) is 0 Å². The van der Waals surface area contributed by atoms with Crippen molar-refractivity contribution >= 4 is 0 Å². The first-order chi connectivity index (χ1) is 9.76. The molecule has 1 atom stereocenters. The van der Waals surface area contributed by atoms with Crippen LogP contribution in [0.1, 0.15) is 22.6 Å². The molecule has 1 aliphatic rings. The molecule has 0 radical (unpaired) electrons. The van der Waals surface area contributed by atoms with Crippen LogP contribution in [0.4, 0.5) is 0 Å². The van der Waals surface area contributed by atoms with Crippen LogP contribution in [-0.4, -0.2) is 16.6 Å². The Morgan fingerprint density at radius 1 is 1.20 bits per heavy atom. The Balaban J connectivity index is 1.85. The zero-order chi connectivity index (χ0) is 13.9. The van der Waals surface area contributed by atoms with E-state index in [0.717, 1.165) is 19.6 Å². The third kappa shape index (κ3) is 2.61. The van der Waals surface area contributed by atoms with E-state index < -0.39 is 0 Å². The lowest BCUT2D eigenvalue weighted by atomic mass is 9.89. The number of benzene rings is 2. The molecule has 0 aromatic heterocycles. The van der Waals surface area contributed by atoms with E-state index in [2.05, 4.69) is 35.7 Å². The second-order valence-corrected chi connectivity index (χ2v) is 5.38. The fourth-order valence-corrected chi connectivity index (χ4v) is 2.94. The molecule has 0 saturated heterocycles. The van der Waals surface area contributed by atoms with Crippen LogP contribution in [0.15, 0.2) is 61.2 Å². The molecule has 0 fully saturated rings. The van der Waals surface area contributed by atoms with Gasteiger partial charge in [-0.2, -0.15) is 0 Å². The first-order valence-electron chi connectivity index (χ1n) is 6.97. The second kappa shape index (κ2) is 5.51. The van der Waals surface area contributed by atoms with E-state index >= 15 is 0 Å². The molecule has 0 aliphatic carbocycles. The summed E-state index contributed by atoms with van der Waals surface area (Å²) in [5.41, 5.74) is 3.82. The van der Waals surface area contributed by atoms with Crippen LogP contribution < -0.4 is 0 Å². The molecule has 1 aliphatic heterocycles. The van der Waals surface area contributed by atoms with E-state index in [4.69, 9.17) is 0 Å². The molecule has 0 amide bonds. The van der Waals surface area contributed by atoms with Crippen molar-refractivity contribution in [3.8, 4) is 5.75 Å². The van der Waals surface area contributed by atoms with Gasteiger partial charge in [-0.15, -0.1) is 6.58 Å². The largest absolute Gasteiger partial charge is 0.508 e. The lowest BCUT2D eigenvalue weighted by Gasteiger charge is -2.33. The second-order valence-electron chi connectivity index (χ2n) is 5.38. The zero-order valence-corrected chi connectivity index (χ0v) is 11.5. The summed E-state index contributed by atoms with van der Waals surface area (Å²) in [6, 6.07) is 16.2. The SMILES string of the molecule is C=C[C@H]1CN(Cc2ccccc2)Cc2cc(O)ccc21. The van der Waals surface area contributed by atoms with Gasteiger partial charge in [-0.3, -0.25) is 4.90 Å². The van der Waals surface area contributed by atoms with Gasteiger partial charge in [-0.1, -0.05) is 42.5 Å². The molecule has 102 valence electrons. The van der Waals surface area contributed by atoms with E-state index in [0.29, 0.717) is 11.7 Å². The van der Waals surface area contributed by atoms with Crippen LogP contribution >= 0.6 is 0 Å². The summed E-state index contributed by atoms with van der Waals surface area (Å²) in [5.74, 6) is 0.677. The topological polar surface area (TPSA) is 23.5 Å². The van der Waals surface area contributed by atoms with Crippen LogP contribution in [0.5, 0.6) is 5.75 Å². The summed E-state index contributed by atoms with van der Waals surface area (Å²) in [6.45, 7) is 6.75. The standard InChI is InChI=1S/C18H19NO/c1-2-15-12-19(11-14-6-4-3-5-7-14)13-16-10-17(20)8-9-18(15)16/h2-10,15,20H,1,11-13H2/t15-/m0/s1. The summed E-state index contributed by atoms with van der Waals surface area (Å²) < 4.78 is 0. The highest BCUT2D eigenvalue weighted by atomic mass is 16.3. The van der Waals surface area contributed by atoms with Crippen LogP contribution in [0.2, 0.25) is 0 Å². The molecular formula is C18H19NO. The van der Waals surface area contributed by atoms with Crippen molar-refractivity contribution in [1.29, 1.82) is 0 Å². The molecule has 1 heterocycles. The summed E-state index contributed by atoms with van der Waals surface area (Å²) in [7, 11) is 0. The molecule has 3 rings (SSSR count). The van der Waals surface area contributed by atoms with Crippen LogP contribution in [0.25, 0.3) is 0 Å². The molecule has 20 heavy (non-hydrogen) atoms. The summed E-state index contributed by atoms with van der Waals surface area (Å²) in [6.07, 6.45) is 2.01. The van der Waals surface area contributed by atoms with E-state index in [1.807, 2.05) is 24.3 Å². The maximum atomic E-state index is 9.68. The zero-order valence-electron chi connectivity index (χ0n) is 11.5. The molecule has 1 N–H and O–H groups in total. The number of rotatable bonds is 3. The third-order valence-electron chi connectivity index (χ3n) is 3.91. The lowest BCUT2D eigenvalue weighted by molar-refractivity contribution is 0.233. The Morgan fingerprint density at radius 3 is 2.75 bits per heavy atom. The molecule has 0 bridgehead atoms. The Labute approximate surface area is 120 Å². The van der Waals surface area contributed by atoms with Gasteiger partial charge < -0.3 is 5.11 Å². The van der Waals surface area contributed by atoms with Gasteiger partial charge in [0.1, 0.15) is 5.75 Å². The smallest absolute Gasteiger partial charge is 0.115 e. The normalized spacial score (nSPS) is 18.5. The lowest BCUT2D eigenvalue weighted by Crippen LogP contribution is -2.32. The number of hydrogen-bond donors (Lipinski definition) is 1. The van der Waals surface area contributed by atoms with Gasteiger partial charge in [-0.25, -0.2) is 0 Å². The highest BCUT2D eigenvalue weighted by molar-refractivity contribution is 5.40. The quantitative estimate of drug-likeness (QED) is 0.856. The van der Waals surface area contributed by atoms with Gasteiger partial charge in [0.15, 0.2) is 0 Å². The minimum atomic E-state index is 0.336. The minimum absolute atomic E-state index is 0.336. The predicted octanol–water partition coefficient (Wildman–Crippen LogP) is 3.68. The fourth-order valence-electron chi connectivity index (χ4n) is 2.94. The van der Waals surface area contributed by atoms with Crippen molar-refractivity contribution in [2.75, 3.05) is 6.54 Å². The van der Waals surface area contributed by atoms with E-state index in [1.54, 1.807) is 6.07 Å². The molecule has 2 aromatic carbocycles. The average molecular weight is 265 g/mol. The number of phenols is 1. The van der Waals surface area contributed by atoms with Crippen LogP contribution in [0, 0.1) is 0 Å². The summed E-state index contributed by atoms with van der Waals surface area (Å²) in [4.78, 5) is 2.41. The van der Waals surface area contributed by atoms with Crippen LogP contribution in [-0.2, 0) is 13.1 Å². The Kier molecular flexibility index (Phi) is 3.57. The number of hydrogen-bond acceptors (Lipinski definition) is 2. The van der Waals surface area contributed by atoms with Gasteiger partial charge in [0, 0.05) is 25.6 Å². The van der Waals surface area contributed by atoms with Gasteiger partial charge in [-0.05, 0) is 28.8 Å². The number of fused-ring (bicyclic) bond motifs is 1. The molecule has 0 saturated carbocycles. The van der Waals surface area contributed by atoms with E-state index in [1.165, 1.54) is 16.7 Å². The van der Waals surface area contributed by atoms with Gasteiger partial charge in [0.05, 0.1) is 0 Å². The van der Waals surface area contributed by atoms with Crippen molar-refractivity contribution in [1.82, 2.24) is 4.90 Å². The van der Waals surface area contributed by atoms with Crippen molar-refractivity contribution in [3.05, 3.63) is 77.9 Å². The first-order valence-corrected chi connectivity index (χ1v) is 6.97. The highest BCUT2D eigenvalue weighted by Gasteiger charge is 2.23. The minimum Gasteiger partial charge on any atom is -0.508 e. The Hall–Kier alpha value is -2.06. The summed E-state index contributed by atoms with van der Waals surface area (Å²) in [5, 5.41) is 9.68. The molecule has 0 unspecified atom stereocenters. The molecule has 2 aromatic rings. The maximum absolute atomic E-state index is 9.68. The third-order valence-corrected chi connectivity index (χ3v) is 3.91. The van der Waals surface area contributed by atoms with E-state index in [-0.39, 0.29) is 0 Å². The fraction of sp³-hybridized carbons (Fsp3) is 0.222. The van der Waals surface area contributed by atoms with Crippen molar-refractivity contribution in [2.24, 2.45) is 0 Å². The van der Waals surface area contributed by atoms with E-state index in [9.17, 15) is 5.11 Å². The highest BCUT2D eigenvalue weighted by Crippen LogP contribution is 2.32. The number of nitrogens with zero attached hydrogens (tertiary/aromatic N) is 1. The number of aromatic hydroxyl groups is 1. The molecule has 2 heteroatoms. The van der Waals surface area contributed by atoms with Crippen LogP contribution in [0.3, 0.4) is 0 Å². The van der Waals surface area contributed by atoms with Crippen molar-refractivity contribution in [3.63, 3.8) is 0 Å². The molecular weight excluding hydrogens is 246 g/mol. The van der Waals surface area contributed by atoms with Crippen molar-refractivity contribution in [2.45, 2.75) is 19.0 Å². The Bertz CT molecular complexity index is 606. The maximum Gasteiger partial charge on any atom is 0.115 e. The molecule has 2 nitrogen and oxygen atoms in total. The average Bonchev–Trinajstić information content (AvgIpc) is 2.47. The predicted molar refractivity (Wildman–Crippen MR) is 81.6 cm³/mol.